The molecule has 7 heteroatoms. The predicted octanol–water partition coefficient (Wildman–Crippen LogP) is 1.87. The first-order chi connectivity index (χ1) is 11.1. The Morgan fingerprint density at radius 1 is 1.30 bits per heavy atom. The molecule has 0 saturated carbocycles. The van der Waals surface area contributed by atoms with Gasteiger partial charge in [0.15, 0.2) is 6.61 Å². The molecule has 2 amide bonds. The fourth-order valence-electron chi connectivity index (χ4n) is 2.38. The minimum Gasteiger partial charge on any atom is -0.482 e. The lowest BCUT2D eigenvalue weighted by Gasteiger charge is -2.29. The third-order valence-corrected chi connectivity index (χ3v) is 3.55. The van der Waals surface area contributed by atoms with Crippen LogP contribution in [0.5, 0.6) is 5.75 Å². The van der Waals surface area contributed by atoms with Crippen molar-refractivity contribution in [2.75, 3.05) is 11.5 Å². The van der Waals surface area contributed by atoms with E-state index in [0.29, 0.717) is 17.0 Å². The first kappa shape index (κ1) is 15.0. The molecule has 0 aromatic heterocycles. The molecule has 0 aliphatic carbocycles. The van der Waals surface area contributed by atoms with Crippen molar-refractivity contribution >= 4 is 17.5 Å². The summed E-state index contributed by atoms with van der Waals surface area (Å²) in [5.41, 5.74) is 2.39. The zero-order valence-electron chi connectivity index (χ0n) is 12.0. The summed E-state index contributed by atoms with van der Waals surface area (Å²) in [6.07, 6.45) is 0. The van der Waals surface area contributed by atoms with E-state index >= 15 is 0 Å². The van der Waals surface area contributed by atoms with Gasteiger partial charge in [0.25, 0.3) is 11.8 Å². The lowest BCUT2D eigenvalue weighted by Crippen LogP contribution is -2.38. The van der Waals surface area contributed by atoms with Crippen LogP contribution in [0.3, 0.4) is 0 Å². The van der Waals surface area contributed by atoms with Crippen molar-refractivity contribution in [2.24, 2.45) is 0 Å². The Bertz CT molecular complexity index is 778. The van der Waals surface area contributed by atoms with Gasteiger partial charge in [-0.2, -0.15) is 0 Å². The topological polar surface area (TPSA) is 78.9 Å². The number of amides is 2. The fourth-order valence-corrected chi connectivity index (χ4v) is 2.38. The lowest BCUT2D eigenvalue weighted by atomic mass is 10.1. The number of rotatable bonds is 3. The molecule has 23 heavy (non-hydrogen) atoms. The van der Waals surface area contributed by atoms with Crippen LogP contribution >= 0.6 is 0 Å². The van der Waals surface area contributed by atoms with Gasteiger partial charge in [-0.15, -0.1) is 0 Å². The first-order valence-corrected chi connectivity index (χ1v) is 6.85. The van der Waals surface area contributed by atoms with Gasteiger partial charge in [0, 0.05) is 11.1 Å². The van der Waals surface area contributed by atoms with Crippen LogP contribution in [-0.4, -0.2) is 23.6 Å². The molecular formula is C16H13FN2O4. The van der Waals surface area contributed by atoms with Gasteiger partial charge in [-0.1, -0.05) is 18.2 Å². The Balaban J connectivity index is 2.00. The SMILES string of the molecule is O=C(NO)c1ccc2c(c1)N(Cc1ccccc1F)C(=O)CO2. The average Bonchev–Trinajstić information content (AvgIpc) is 2.58. The highest BCUT2D eigenvalue weighted by molar-refractivity contribution is 6.01. The van der Waals surface area contributed by atoms with Gasteiger partial charge in [0.2, 0.25) is 0 Å². The molecule has 0 bridgehead atoms. The zero-order valence-corrected chi connectivity index (χ0v) is 12.0. The summed E-state index contributed by atoms with van der Waals surface area (Å²) in [5.74, 6) is -1.06. The van der Waals surface area contributed by atoms with E-state index in [0.717, 1.165) is 0 Å². The molecule has 0 unspecified atom stereocenters. The maximum atomic E-state index is 13.8. The minimum atomic E-state index is -0.711. The van der Waals surface area contributed by atoms with E-state index in [2.05, 4.69) is 0 Å². The van der Waals surface area contributed by atoms with Crippen LogP contribution in [0.25, 0.3) is 0 Å². The molecule has 118 valence electrons. The molecule has 6 nitrogen and oxygen atoms in total. The minimum absolute atomic E-state index is 0.0199. The largest absolute Gasteiger partial charge is 0.482 e. The number of carbonyl (C=O) groups excluding carboxylic acids is 2. The normalized spacial score (nSPS) is 13.3. The number of ether oxygens (including phenoxy) is 1. The molecule has 1 aliphatic rings. The average molecular weight is 316 g/mol. The van der Waals surface area contributed by atoms with Gasteiger partial charge in [-0.05, 0) is 24.3 Å². The smallest absolute Gasteiger partial charge is 0.274 e. The van der Waals surface area contributed by atoms with E-state index < -0.39 is 11.7 Å². The summed E-state index contributed by atoms with van der Waals surface area (Å²) < 4.78 is 19.2. The van der Waals surface area contributed by atoms with Crippen molar-refractivity contribution in [3.8, 4) is 5.75 Å². The van der Waals surface area contributed by atoms with Crippen LogP contribution < -0.4 is 15.1 Å². The number of halogens is 1. The number of fused-ring (bicyclic) bond motifs is 1. The summed E-state index contributed by atoms with van der Waals surface area (Å²) in [5, 5.41) is 8.72. The first-order valence-electron chi connectivity index (χ1n) is 6.85. The summed E-state index contributed by atoms with van der Waals surface area (Å²) in [6, 6.07) is 10.6. The van der Waals surface area contributed by atoms with Crippen molar-refractivity contribution < 1.29 is 23.9 Å². The van der Waals surface area contributed by atoms with Gasteiger partial charge < -0.3 is 9.64 Å². The Kier molecular flexibility index (Phi) is 3.94. The molecule has 0 saturated heterocycles. The van der Waals surface area contributed by atoms with E-state index in [9.17, 15) is 14.0 Å². The van der Waals surface area contributed by atoms with Gasteiger partial charge in [-0.25, -0.2) is 9.87 Å². The lowest BCUT2D eigenvalue weighted by molar-refractivity contribution is -0.121. The van der Waals surface area contributed by atoms with Gasteiger partial charge in [0.05, 0.1) is 12.2 Å². The Labute approximate surface area is 131 Å². The number of nitrogens with one attached hydrogen (secondary N) is 1. The Morgan fingerprint density at radius 3 is 2.83 bits per heavy atom. The van der Waals surface area contributed by atoms with Gasteiger partial charge in [-0.3, -0.25) is 14.8 Å². The molecule has 3 rings (SSSR count). The number of benzene rings is 2. The number of hydrogen-bond acceptors (Lipinski definition) is 4. The van der Waals surface area contributed by atoms with Crippen molar-refractivity contribution in [3.05, 3.63) is 59.4 Å². The molecule has 0 spiro atoms. The summed E-state index contributed by atoms with van der Waals surface area (Å²) >= 11 is 0. The highest BCUT2D eigenvalue weighted by Crippen LogP contribution is 2.34. The monoisotopic (exact) mass is 316 g/mol. The number of hydroxylamine groups is 1. The predicted molar refractivity (Wildman–Crippen MR) is 78.8 cm³/mol. The molecule has 1 heterocycles. The zero-order chi connectivity index (χ0) is 16.4. The second-order valence-corrected chi connectivity index (χ2v) is 4.98. The van der Waals surface area contributed by atoms with Crippen molar-refractivity contribution in [1.29, 1.82) is 0 Å². The Morgan fingerprint density at radius 2 is 2.09 bits per heavy atom. The number of nitrogens with zero attached hydrogens (tertiary/aromatic N) is 1. The van der Waals surface area contributed by atoms with E-state index in [-0.39, 0.29) is 24.6 Å². The van der Waals surface area contributed by atoms with Gasteiger partial charge >= 0.3 is 0 Å². The van der Waals surface area contributed by atoms with E-state index in [4.69, 9.17) is 9.94 Å². The number of carbonyl (C=O) groups is 2. The third kappa shape index (κ3) is 2.86. The summed E-state index contributed by atoms with van der Waals surface area (Å²) in [4.78, 5) is 25.0. The molecule has 0 fully saturated rings. The van der Waals surface area contributed by atoms with Crippen LogP contribution in [0.1, 0.15) is 15.9 Å². The fraction of sp³-hybridized carbons (Fsp3) is 0.125. The van der Waals surface area contributed by atoms with Crippen LogP contribution in [0.15, 0.2) is 42.5 Å². The maximum Gasteiger partial charge on any atom is 0.274 e. The molecular weight excluding hydrogens is 303 g/mol. The molecule has 2 aromatic rings. The standard InChI is InChI=1S/C16H13FN2O4/c17-12-4-2-1-3-11(12)8-19-13-7-10(16(21)18-22)5-6-14(13)23-9-15(19)20/h1-7,22H,8-9H2,(H,18,21). The second-order valence-electron chi connectivity index (χ2n) is 4.98. The maximum absolute atomic E-state index is 13.8. The van der Waals surface area contributed by atoms with E-state index in [1.807, 2.05) is 0 Å². The summed E-state index contributed by atoms with van der Waals surface area (Å²) in [7, 11) is 0. The Hall–Kier alpha value is -2.93. The number of hydrogen-bond donors (Lipinski definition) is 2. The molecule has 0 radical (unpaired) electrons. The third-order valence-electron chi connectivity index (χ3n) is 3.55. The van der Waals surface area contributed by atoms with Crippen LogP contribution in [0.2, 0.25) is 0 Å². The highest BCUT2D eigenvalue weighted by Gasteiger charge is 2.27. The quantitative estimate of drug-likeness (QED) is 0.669. The van der Waals surface area contributed by atoms with Crippen molar-refractivity contribution in [3.63, 3.8) is 0 Å². The van der Waals surface area contributed by atoms with Crippen LogP contribution in [0.4, 0.5) is 10.1 Å². The molecule has 0 atom stereocenters. The van der Waals surface area contributed by atoms with Crippen molar-refractivity contribution in [2.45, 2.75) is 6.54 Å². The second kappa shape index (κ2) is 6.05. The summed E-state index contributed by atoms with van der Waals surface area (Å²) in [6.45, 7) is -0.140. The van der Waals surface area contributed by atoms with Crippen LogP contribution in [-0.2, 0) is 11.3 Å². The van der Waals surface area contributed by atoms with E-state index in [1.165, 1.54) is 34.6 Å². The molecule has 2 N–H and O–H groups in total. The van der Waals surface area contributed by atoms with Crippen LogP contribution in [0, 0.1) is 5.82 Å². The van der Waals surface area contributed by atoms with E-state index in [1.54, 1.807) is 18.2 Å². The molecule has 2 aromatic carbocycles. The van der Waals surface area contributed by atoms with Crippen molar-refractivity contribution in [1.82, 2.24) is 5.48 Å². The highest BCUT2D eigenvalue weighted by atomic mass is 19.1. The van der Waals surface area contributed by atoms with Gasteiger partial charge in [0.1, 0.15) is 11.6 Å². The number of anilines is 1. The molecule has 1 aliphatic heterocycles.